The van der Waals surface area contributed by atoms with Gasteiger partial charge in [0.2, 0.25) is 0 Å². The minimum absolute atomic E-state index is 0.00692. The molecule has 1 amide bonds. The summed E-state index contributed by atoms with van der Waals surface area (Å²) in [6.45, 7) is 5.66. The first kappa shape index (κ1) is 17.1. The molecule has 0 aromatic rings. The highest BCUT2D eigenvalue weighted by atomic mass is 35.5. The summed E-state index contributed by atoms with van der Waals surface area (Å²) in [5, 5.41) is 0. The van der Waals surface area contributed by atoms with Crippen LogP contribution >= 0.6 is 23.2 Å². The molecule has 0 saturated carbocycles. The number of rotatable bonds is 8. The number of carbonyl (C=O) groups excluding carboxylic acids is 2. The first-order valence-corrected chi connectivity index (χ1v) is 6.46. The third-order valence-electron chi connectivity index (χ3n) is 1.86. The minimum atomic E-state index is -0.525. The molecular weight excluding hydrogens is 281 g/mol. The molecule has 5 nitrogen and oxygen atoms in total. The lowest BCUT2D eigenvalue weighted by molar-refractivity contribution is -0.140. The van der Waals surface area contributed by atoms with Crippen molar-refractivity contribution >= 4 is 35.3 Å². The molecule has 0 heterocycles. The highest BCUT2D eigenvalue weighted by Crippen LogP contribution is 1.97. The average Bonchev–Trinajstić information content (AvgIpc) is 2.33. The molecule has 0 aromatic heterocycles. The maximum absolute atomic E-state index is 11.5. The molecule has 0 radical (unpaired) electrons. The van der Waals surface area contributed by atoms with Crippen molar-refractivity contribution in [2.45, 2.75) is 6.92 Å². The van der Waals surface area contributed by atoms with Gasteiger partial charge in [-0.25, -0.2) is 9.59 Å². The largest absolute Gasteiger partial charge is 0.459 e. The predicted molar refractivity (Wildman–Crippen MR) is 70.1 cm³/mol. The van der Waals surface area contributed by atoms with E-state index in [0.29, 0.717) is 30.4 Å². The standard InChI is InChI=1S/C11H17Cl2NO4/c1-9(2)10(15)17-7-8-18-11(16)14(5-3-12)6-4-13/h1,3-8H2,2H3. The first-order chi connectivity index (χ1) is 8.52. The molecule has 104 valence electrons. The minimum Gasteiger partial charge on any atom is -0.459 e. The topological polar surface area (TPSA) is 55.8 Å². The lowest BCUT2D eigenvalue weighted by atomic mass is 10.4. The number of hydrogen-bond acceptors (Lipinski definition) is 4. The van der Waals surface area contributed by atoms with Crippen molar-refractivity contribution in [2.75, 3.05) is 38.1 Å². The number of ether oxygens (including phenoxy) is 2. The molecule has 7 heteroatoms. The van der Waals surface area contributed by atoms with Gasteiger partial charge >= 0.3 is 12.1 Å². The van der Waals surface area contributed by atoms with Gasteiger partial charge in [-0.05, 0) is 6.92 Å². The molecule has 0 rings (SSSR count). The van der Waals surface area contributed by atoms with Gasteiger partial charge < -0.3 is 14.4 Å². The van der Waals surface area contributed by atoms with Crippen molar-refractivity contribution in [3.05, 3.63) is 12.2 Å². The molecule has 0 atom stereocenters. The van der Waals surface area contributed by atoms with Gasteiger partial charge in [-0.2, -0.15) is 0 Å². The van der Waals surface area contributed by atoms with Gasteiger partial charge in [0.15, 0.2) is 0 Å². The third kappa shape index (κ3) is 7.40. The van der Waals surface area contributed by atoms with Crippen LogP contribution < -0.4 is 0 Å². The van der Waals surface area contributed by atoms with Crippen LogP contribution in [0.3, 0.4) is 0 Å². The molecule has 0 bridgehead atoms. The Morgan fingerprint density at radius 2 is 1.61 bits per heavy atom. The van der Waals surface area contributed by atoms with Gasteiger partial charge in [0.25, 0.3) is 0 Å². The normalized spacial score (nSPS) is 9.72. The second-order valence-electron chi connectivity index (χ2n) is 3.40. The summed E-state index contributed by atoms with van der Waals surface area (Å²) in [5.74, 6) is 0.0946. The van der Waals surface area contributed by atoms with E-state index in [9.17, 15) is 9.59 Å². The van der Waals surface area contributed by atoms with Gasteiger partial charge in [0, 0.05) is 30.4 Å². The van der Waals surface area contributed by atoms with E-state index in [1.54, 1.807) is 0 Å². The van der Waals surface area contributed by atoms with E-state index in [1.807, 2.05) is 0 Å². The monoisotopic (exact) mass is 297 g/mol. The number of amides is 1. The molecule has 0 saturated heterocycles. The second kappa shape index (κ2) is 10.0. The Morgan fingerprint density at radius 1 is 1.11 bits per heavy atom. The molecule has 0 aliphatic carbocycles. The Hall–Kier alpha value is -0.940. The summed E-state index contributed by atoms with van der Waals surface area (Å²) in [6.07, 6.45) is -0.525. The average molecular weight is 298 g/mol. The van der Waals surface area contributed by atoms with Crippen LogP contribution in [0.15, 0.2) is 12.2 Å². The van der Waals surface area contributed by atoms with E-state index in [1.165, 1.54) is 11.8 Å². The van der Waals surface area contributed by atoms with E-state index < -0.39 is 12.1 Å². The van der Waals surface area contributed by atoms with E-state index >= 15 is 0 Å². The molecule has 18 heavy (non-hydrogen) atoms. The van der Waals surface area contributed by atoms with Gasteiger partial charge in [-0.1, -0.05) is 6.58 Å². The maximum atomic E-state index is 11.5. The summed E-state index contributed by atoms with van der Waals surface area (Å²) < 4.78 is 9.67. The van der Waals surface area contributed by atoms with Crippen LogP contribution in [0.5, 0.6) is 0 Å². The summed E-state index contributed by atoms with van der Waals surface area (Å²) in [7, 11) is 0. The van der Waals surface area contributed by atoms with E-state index in [0.717, 1.165) is 0 Å². The zero-order valence-corrected chi connectivity index (χ0v) is 11.8. The van der Waals surface area contributed by atoms with Crippen molar-refractivity contribution in [1.29, 1.82) is 0 Å². The Balaban J connectivity index is 3.86. The highest BCUT2D eigenvalue weighted by Gasteiger charge is 2.13. The summed E-state index contributed by atoms with van der Waals surface area (Å²) >= 11 is 11.1. The van der Waals surface area contributed by atoms with Crippen LogP contribution in [-0.4, -0.2) is 55.0 Å². The van der Waals surface area contributed by atoms with Crippen LogP contribution in [0.2, 0.25) is 0 Å². The highest BCUT2D eigenvalue weighted by molar-refractivity contribution is 6.18. The molecule has 0 aliphatic heterocycles. The fourth-order valence-corrected chi connectivity index (χ4v) is 1.38. The van der Waals surface area contributed by atoms with Gasteiger partial charge in [-0.3, -0.25) is 0 Å². The van der Waals surface area contributed by atoms with Crippen molar-refractivity contribution < 1.29 is 19.1 Å². The van der Waals surface area contributed by atoms with Crippen LogP contribution in [0.4, 0.5) is 4.79 Å². The fraction of sp³-hybridized carbons (Fsp3) is 0.636. The van der Waals surface area contributed by atoms with Gasteiger partial charge in [0.1, 0.15) is 13.2 Å². The van der Waals surface area contributed by atoms with E-state index in [-0.39, 0.29) is 13.2 Å². The Morgan fingerprint density at radius 3 is 2.06 bits per heavy atom. The SMILES string of the molecule is C=C(C)C(=O)OCCOC(=O)N(CCCl)CCCl. The number of alkyl halides is 2. The van der Waals surface area contributed by atoms with Crippen LogP contribution in [-0.2, 0) is 14.3 Å². The summed E-state index contributed by atoms with van der Waals surface area (Å²) in [6, 6.07) is 0. The summed E-state index contributed by atoms with van der Waals surface area (Å²) in [5.41, 5.74) is 0.298. The molecular formula is C11H17Cl2NO4. The molecule has 0 aliphatic rings. The number of carbonyl (C=O) groups is 2. The number of halogens is 2. The third-order valence-corrected chi connectivity index (χ3v) is 2.20. The maximum Gasteiger partial charge on any atom is 0.409 e. The smallest absolute Gasteiger partial charge is 0.409 e. The van der Waals surface area contributed by atoms with Crippen LogP contribution in [0.25, 0.3) is 0 Å². The molecule has 0 spiro atoms. The molecule has 0 N–H and O–H groups in total. The van der Waals surface area contributed by atoms with Crippen molar-refractivity contribution in [3.8, 4) is 0 Å². The molecule has 0 fully saturated rings. The van der Waals surface area contributed by atoms with Gasteiger partial charge in [0.05, 0.1) is 0 Å². The van der Waals surface area contributed by atoms with Crippen molar-refractivity contribution in [3.63, 3.8) is 0 Å². The first-order valence-electron chi connectivity index (χ1n) is 5.39. The van der Waals surface area contributed by atoms with Crippen LogP contribution in [0, 0.1) is 0 Å². The lowest BCUT2D eigenvalue weighted by Crippen LogP contribution is -2.35. The number of esters is 1. The van der Waals surface area contributed by atoms with E-state index in [2.05, 4.69) is 6.58 Å². The van der Waals surface area contributed by atoms with Crippen LogP contribution in [0.1, 0.15) is 6.92 Å². The van der Waals surface area contributed by atoms with Crippen molar-refractivity contribution in [1.82, 2.24) is 4.90 Å². The number of hydrogen-bond donors (Lipinski definition) is 0. The zero-order valence-electron chi connectivity index (χ0n) is 10.3. The molecule has 0 aromatic carbocycles. The zero-order chi connectivity index (χ0) is 14.0. The summed E-state index contributed by atoms with van der Waals surface area (Å²) in [4.78, 5) is 23.9. The lowest BCUT2D eigenvalue weighted by Gasteiger charge is -2.19. The Bertz CT molecular complexity index is 291. The fourth-order valence-electron chi connectivity index (χ4n) is 0.976. The Labute approximate surface area is 117 Å². The van der Waals surface area contributed by atoms with Crippen molar-refractivity contribution in [2.24, 2.45) is 0 Å². The van der Waals surface area contributed by atoms with E-state index in [4.69, 9.17) is 32.7 Å². The van der Waals surface area contributed by atoms with Gasteiger partial charge in [-0.15, -0.1) is 23.2 Å². The molecule has 0 unspecified atom stereocenters. The second-order valence-corrected chi connectivity index (χ2v) is 4.15. The quantitative estimate of drug-likeness (QED) is 0.298. The Kier molecular flexibility index (Phi) is 9.50. The predicted octanol–water partition coefficient (Wildman–Crippen LogP) is 2.02. The number of nitrogens with zero attached hydrogens (tertiary/aromatic N) is 1.